The molecule has 2 N–H and O–H groups in total. The maximum Gasteiger partial charge on any atom is 0.129 e. The first-order valence-electron chi connectivity index (χ1n) is 19.7. The average molecular weight is 767 g/mol. The van der Waals surface area contributed by atoms with Crippen molar-refractivity contribution in [2.24, 2.45) is 0 Å². The van der Waals surface area contributed by atoms with E-state index in [4.69, 9.17) is 9.97 Å². The van der Waals surface area contributed by atoms with Crippen LogP contribution in [0.5, 0.6) is 0 Å². The molecule has 2 aliphatic rings. The summed E-state index contributed by atoms with van der Waals surface area (Å²) in [6, 6.07) is 26.5. The smallest absolute Gasteiger partial charge is 0.129 e. The maximum absolute atomic E-state index is 5.36. The molecule has 56 heavy (non-hydrogen) atoms. The van der Waals surface area contributed by atoms with Crippen LogP contribution in [0.3, 0.4) is 0 Å². The van der Waals surface area contributed by atoms with Crippen molar-refractivity contribution in [3.05, 3.63) is 118 Å². The van der Waals surface area contributed by atoms with Crippen LogP contribution >= 0.6 is 0 Å². The van der Waals surface area contributed by atoms with Gasteiger partial charge in [0.05, 0.1) is 44.9 Å². The van der Waals surface area contributed by atoms with Crippen LogP contribution in [0.1, 0.15) is 86.6 Å². The van der Waals surface area contributed by atoms with Gasteiger partial charge in [-0.05, 0) is 81.7 Å². The van der Waals surface area contributed by atoms with Crippen molar-refractivity contribution in [1.29, 1.82) is 0 Å². The van der Waals surface area contributed by atoms with Gasteiger partial charge in [0.2, 0.25) is 0 Å². The van der Waals surface area contributed by atoms with Crippen LogP contribution in [-0.4, -0.2) is 36.1 Å². The first-order chi connectivity index (χ1) is 26.2. The summed E-state index contributed by atoms with van der Waals surface area (Å²) in [5.74, 6) is 7.24. The highest BCUT2D eigenvalue weighted by Crippen LogP contribution is 2.36. The third-order valence-electron chi connectivity index (χ3n) is 9.96. The summed E-state index contributed by atoms with van der Waals surface area (Å²) in [5, 5.41) is 0. The molecule has 282 valence electrons. The lowest BCUT2D eigenvalue weighted by Gasteiger charge is -2.19. The van der Waals surface area contributed by atoms with E-state index in [2.05, 4.69) is 211 Å². The highest BCUT2D eigenvalue weighted by molar-refractivity contribution is 6.84. The number of nitrogens with one attached hydrogen (secondary N) is 2. The molecule has 2 aliphatic heterocycles. The molecule has 6 heteroatoms. The van der Waals surface area contributed by atoms with Crippen molar-refractivity contribution in [2.75, 3.05) is 0 Å². The van der Waals surface area contributed by atoms with Gasteiger partial charge in [-0.15, -0.1) is 11.1 Å². The van der Waals surface area contributed by atoms with E-state index in [1.807, 2.05) is 0 Å². The molecule has 0 saturated heterocycles. The first-order valence-corrected chi connectivity index (χ1v) is 26.7. The van der Waals surface area contributed by atoms with Crippen molar-refractivity contribution in [3.8, 4) is 45.2 Å². The Bertz CT molecular complexity index is 2550. The first kappa shape index (κ1) is 38.9. The number of H-pyrrole nitrogens is 2. The fraction of sp³-hybridized carbons (Fsp3) is 0.280. The number of rotatable bonds is 2. The topological polar surface area (TPSA) is 57.4 Å². The minimum atomic E-state index is -1.74. The summed E-state index contributed by atoms with van der Waals surface area (Å²) in [5.41, 5.74) is 23.3. The lowest BCUT2D eigenvalue weighted by molar-refractivity contribution is 0.590. The number of nitrogens with zero attached hydrogens (tertiary/aromatic N) is 2. The number of hydrogen-bond acceptors (Lipinski definition) is 2. The third-order valence-corrected chi connectivity index (χ3v) is 11.7. The van der Waals surface area contributed by atoms with E-state index in [1.54, 1.807) is 0 Å². The van der Waals surface area contributed by atoms with Gasteiger partial charge in [0.1, 0.15) is 16.1 Å². The van der Waals surface area contributed by atoms with Crippen LogP contribution < -0.4 is 0 Å². The summed E-state index contributed by atoms with van der Waals surface area (Å²) in [6.45, 7) is 27.2. The Balaban J connectivity index is 1.64. The Morgan fingerprint density at radius 3 is 1.12 bits per heavy atom. The third kappa shape index (κ3) is 8.38. The van der Waals surface area contributed by atoms with Gasteiger partial charge in [0.15, 0.2) is 0 Å². The van der Waals surface area contributed by atoms with Crippen molar-refractivity contribution in [1.82, 2.24) is 19.9 Å². The monoisotopic (exact) mass is 766 g/mol. The molecule has 0 radical (unpaired) electrons. The Hall–Kier alpha value is -5.41. The van der Waals surface area contributed by atoms with Crippen molar-refractivity contribution in [2.45, 2.75) is 91.7 Å². The summed E-state index contributed by atoms with van der Waals surface area (Å²) < 4.78 is 0. The molecular weight excluding hydrogens is 713 g/mol. The molecule has 4 nitrogen and oxygen atoms in total. The molecule has 0 aliphatic carbocycles. The second-order valence-corrected chi connectivity index (χ2v) is 28.7. The molecular formula is C50H54N4Si2. The molecule has 5 aromatic rings. The molecule has 0 spiro atoms. The van der Waals surface area contributed by atoms with Gasteiger partial charge in [-0.25, -0.2) is 9.97 Å². The molecule has 7 rings (SSSR count). The average Bonchev–Trinajstić information content (AvgIpc) is 3.94. The van der Waals surface area contributed by atoms with E-state index in [1.165, 1.54) is 11.1 Å². The number of aromatic amines is 2. The summed E-state index contributed by atoms with van der Waals surface area (Å²) in [4.78, 5) is 18.4. The zero-order valence-corrected chi connectivity index (χ0v) is 37.1. The molecule has 0 saturated carbocycles. The van der Waals surface area contributed by atoms with Crippen LogP contribution in [0, 0.1) is 22.9 Å². The van der Waals surface area contributed by atoms with Gasteiger partial charge >= 0.3 is 0 Å². The standard InChI is InChI=1S/C50H54N4Si2/c1-49(2,3)35-17-13-33(14-18-35)47-43-25-21-39(51-43)37(29-31-55(7,8)9)41-23-27-45(53-41)48(34-15-19-36(20-16-34)50(4,5)6)46-28-24-42(54-46)38(30-32-56(10,11)12)40-22-26-44(47)52-40/h13-28,51,53H,1-12H3. The molecule has 0 fully saturated rings. The molecule has 3 aromatic heterocycles. The Morgan fingerprint density at radius 2 is 0.768 bits per heavy atom. The molecule has 0 atom stereocenters. The molecule has 2 aromatic carbocycles. The highest BCUT2D eigenvalue weighted by Gasteiger charge is 2.20. The van der Waals surface area contributed by atoms with Crippen molar-refractivity contribution >= 4 is 62.5 Å². The zero-order valence-electron chi connectivity index (χ0n) is 35.1. The number of benzene rings is 2. The van der Waals surface area contributed by atoms with E-state index in [0.29, 0.717) is 0 Å². The van der Waals surface area contributed by atoms with E-state index in [0.717, 1.165) is 78.2 Å². The summed E-state index contributed by atoms with van der Waals surface area (Å²) in [7, 11) is -3.47. The fourth-order valence-electron chi connectivity index (χ4n) is 6.85. The SMILES string of the molecule is CC(C)(C)c1ccc(-c2c3nc(c(C#C[Si](C)(C)C)c4nc(c(-c5ccc(C(C)(C)C)cc5)c5ccc([nH]5)c(C#C[Si](C)(C)C)c5ccc2[nH]5)C=C4)C=C3)cc1. The lowest BCUT2D eigenvalue weighted by atomic mass is 9.86. The van der Waals surface area contributed by atoms with Gasteiger partial charge in [0.25, 0.3) is 0 Å². The van der Waals surface area contributed by atoms with Gasteiger partial charge in [-0.2, -0.15) is 0 Å². The Labute approximate surface area is 335 Å². The van der Waals surface area contributed by atoms with Gasteiger partial charge < -0.3 is 9.97 Å². The molecule has 5 heterocycles. The molecule has 0 amide bonds. The van der Waals surface area contributed by atoms with E-state index in [-0.39, 0.29) is 10.8 Å². The van der Waals surface area contributed by atoms with Crippen molar-refractivity contribution < 1.29 is 0 Å². The second kappa shape index (κ2) is 14.3. The minimum Gasteiger partial charge on any atom is -0.354 e. The highest BCUT2D eigenvalue weighted by atomic mass is 28.3. The maximum atomic E-state index is 5.36. The van der Waals surface area contributed by atoms with E-state index >= 15 is 0 Å². The molecule has 8 bridgehead atoms. The zero-order chi connectivity index (χ0) is 40.2. The lowest BCUT2D eigenvalue weighted by Crippen LogP contribution is -2.16. The summed E-state index contributed by atoms with van der Waals surface area (Å²) in [6.07, 6.45) is 8.46. The number of hydrogen-bond donors (Lipinski definition) is 2. The Kier molecular flexibility index (Phi) is 9.90. The minimum absolute atomic E-state index is 0.0419. The van der Waals surface area contributed by atoms with E-state index in [9.17, 15) is 0 Å². The van der Waals surface area contributed by atoms with Crippen LogP contribution in [-0.2, 0) is 10.8 Å². The van der Waals surface area contributed by atoms with Crippen LogP contribution in [0.2, 0.25) is 39.3 Å². The van der Waals surface area contributed by atoms with Crippen molar-refractivity contribution in [3.63, 3.8) is 0 Å². The van der Waals surface area contributed by atoms with Gasteiger partial charge in [-0.3, -0.25) is 0 Å². The normalized spacial score (nSPS) is 12.9. The summed E-state index contributed by atoms with van der Waals surface area (Å²) >= 11 is 0. The van der Waals surface area contributed by atoms with Crippen LogP contribution in [0.15, 0.2) is 72.8 Å². The number of fused-ring (bicyclic) bond motifs is 8. The van der Waals surface area contributed by atoms with E-state index < -0.39 is 16.1 Å². The number of aromatic nitrogens is 4. The van der Waals surface area contributed by atoms with Gasteiger partial charge in [-0.1, -0.05) is 141 Å². The van der Waals surface area contributed by atoms with Crippen LogP contribution in [0.25, 0.3) is 68.6 Å². The second-order valence-electron chi connectivity index (χ2n) is 19.2. The predicted octanol–water partition coefficient (Wildman–Crippen LogP) is 13.0. The fourth-order valence-corrected chi connectivity index (χ4v) is 7.85. The quantitative estimate of drug-likeness (QED) is 0.136. The predicted molar refractivity (Wildman–Crippen MR) is 248 cm³/mol. The van der Waals surface area contributed by atoms with Crippen LogP contribution in [0.4, 0.5) is 0 Å². The Morgan fingerprint density at radius 1 is 0.429 bits per heavy atom. The van der Waals surface area contributed by atoms with Gasteiger partial charge in [0, 0.05) is 22.2 Å². The largest absolute Gasteiger partial charge is 0.354 e. The molecule has 0 unspecified atom stereocenters.